The van der Waals surface area contributed by atoms with E-state index in [9.17, 15) is 9.50 Å². The second-order valence-electron chi connectivity index (χ2n) is 30.5. The predicted molar refractivity (Wildman–Crippen MR) is 467 cm³/mol. The van der Waals surface area contributed by atoms with Crippen LogP contribution in [0.3, 0.4) is 0 Å². The van der Waals surface area contributed by atoms with Crippen LogP contribution in [0.2, 0.25) is 0 Å². The third kappa shape index (κ3) is 19.2. The molecule has 25 heteroatoms. The van der Waals surface area contributed by atoms with Crippen LogP contribution < -0.4 is 55.3 Å². The summed E-state index contributed by atoms with van der Waals surface area (Å²) in [7, 11) is 0. The molecule has 2 aliphatic carbocycles. The summed E-state index contributed by atoms with van der Waals surface area (Å²) in [6.07, 6.45) is 25.4. The lowest BCUT2D eigenvalue weighted by Crippen LogP contribution is -2.28. The van der Waals surface area contributed by atoms with Crippen molar-refractivity contribution in [3.8, 4) is 22.5 Å². The highest BCUT2D eigenvalue weighted by Gasteiger charge is 2.27. The summed E-state index contributed by atoms with van der Waals surface area (Å²) in [5.74, 6) is 2.99. The molecule has 0 spiro atoms. The van der Waals surface area contributed by atoms with Gasteiger partial charge >= 0.3 is 0 Å². The topological polar surface area (TPSA) is 385 Å². The van der Waals surface area contributed by atoms with Gasteiger partial charge in [-0.15, -0.1) is 0 Å². The van der Waals surface area contributed by atoms with E-state index in [1.54, 1.807) is 30.6 Å². The van der Waals surface area contributed by atoms with Crippen LogP contribution in [-0.4, -0.2) is 125 Å². The highest BCUT2D eigenvalue weighted by molar-refractivity contribution is 6.01. The zero-order valence-electron chi connectivity index (χ0n) is 64.4. The molecule has 0 saturated heterocycles. The average Bonchev–Trinajstić information content (AvgIpc) is 1.78. The van der Waals surface area contributed by atoms with Gasteiger partial charge in [-0.05, 0) is 169 Å². The van der Waals surface area contributed by atoms with E-state index >= 15 is 0 Å². The molecule has 19 N–H and O–H groups in total. The SMILES string of the molecule is CC(C)(C)CNc1cc(N)nc2cc(C3=CC=NC3)ccc12.CCCCNc1cc(N)nc2cc(-c3ccn[nH]3)c(F)cc12.C[C@H]1CC[C@H](Nc2cc(N)nc3cc(C4=CC=NC4)ccc23)C1.Nc1cc(NCc2ccc[nH]2)c2ccc(-c3ccn[nH]3)cc2n1.Nc1cc(N[C@@H]2CCC[C@@H]2O)c2ccc(C3=CC=NC3)cc2n1. The second kappa shape index (κ2) is 34.9. The number of rotatable bonds is 18. The van der Waals surface area contributed by atoms with Gasteiger partial charge in [-0.3, -0.25) is 25.2 Å². The molecule has 2 saturated carbocycles. The molecule has 0 unspecified atom stereocenters. The molecular formula is C88H98FN23O. The minimum atomic E-state index is -0.318. The van der Waals surface area contributed by atoms with Crippen molar-refractivity contribution in [1.29, 1.82) is 0 Å². The minimum absolute atomic E-state index is 0.0885. The van der Waals surface area contributed by atoms with E-state index in [0.29, 0.717) is 65.0 Å². The lowest BCUT2D eigenvalue weighted by Gasteiger charge is -2.20. The molecule has 0 radical (unpaired) electrons. The molecule has 5 aromatic carbocycles. The molecule has 4 atom stereocenters. The van der Waals surface area contributed by atoms with Crippen LogP contribution in [0.1, 0.15) is 108 Å². The number of aliphatic imine (C=N–C) groups is 3. The molecule has 8 aromatic heterocycles. The smallest absolute Gasteiger partial charge is 0.133 e. The van der Waals surface area contributed by atoms with E-state index in [0.717, 1.165) is 170 Å². The van der Waals surface area contributed by atoms with Crippen molar-refractivity contribution < 1.29 is 9.50 Å². The van der Waals surface area contributed by atoms with Crippen molar-refractivity contribution in [3.05, 3.63) is 205 Å². The van der Waals surface area contributed by atoms with Crippen LogP contribution in [0.25, 0.3) is 93.7 Å². The Balaban J connectivity index is 0.000000117. The first-order valence-electron chi connectivity index (χ1n) is 38.6. The number of fused-ring (bicyclic) bond motifs is 5. The maximum Gasteiger partial charge on any atom is 0.133 e. The maximum absolute atomic E-state index is 14.4. The van der Waals surface area contributed by atoms with Crippen LogP contribution in [0.15, 0.2) is 191 Å². The number of halogens is 1. The van der Waals surface area contributed by atoms with Gasteiger partial charge in [0.05, 0.1) is 77.3 Å². The quantitative estimate of drug-likeness (QED) is 0.0355. The summed E-state index contributed by atoms with van der Waals surface area (Å²) in [5, 5.41) is 46.0. The van der Waals surface area contributed by atoms with Crippen molar-refractivity contribution in [3.63, 3.8) is 0 Å². The zero-order valence-corrected chi connectivity index (χ0v) is 64.4. The fraction of sp³-hybridized carbons (Fsp3) is 0.273. The Hall–Kier alpha value is -13.0. The maximum atomic E-state index is 14.4. The van der Waals surface area contributed by atoms with E-state index < -0.39 is 0 Å². The predicted octanol–water partition coefficient (Wildman–Crippen LogP) is 16.9. The number of hydrogen-bond donors (Lipinski definition) is 14. The molecule has 3 aliphatic heterocycles. The number of allylic oxidation sites excluding steroid dienone is 3. The van der Waals surface area contributed by atoms with Crippen molar-refractivity contribution in [1.82, 2.24) is 50.3 Å². The first kappa shape index (κ1) is 76.7. The van der Waals surface area contributed by atoms with Crippen molar-refractivity contribution >= 4 is 147 Å². The van der Waals surface area contributed by atoms with Gasteiger partial charge in [-0.1, -0.05) is 89.6 Å². The molecule has 0 amide bonds. The molecule has 5 aliphatic rings. The first-order valence-corrected chi connectivity index (χ1v) is 38.6. The molecular weight excluding hydrogens is 1410 g/mol. The van der Waals surface area contributed by atoms with Gasteiger partial charge in [-0.2, -0.15) is 10.2 Å². The monoisotopic (exact) mass is 1510 g/mol. The number of pyridine rings is 5. The van der Waals surface area contributed by atoms with E-state index in [2.05, 4.69) is 193 Å². The number of aliphatic hydroxyl groups excluding tert-OH is 1. The normalized spacial score (nSPS) is 16.7. The first-order chi connectivity index (χ1) is 54.8. The number of nitrogens with one attached hydrogen (secondary N) is 8. The van der Waals surface area contributed by atoms with Gasteiger partial charge < -0.3 is 65.3 Å². The van der Waals surface area contributed by atoms with E-state index in [1.165, 1.54) is 47.6 Å². The van der Waals surface area contributed by atoms with Gasteiger partial charge in [0.15, 0.2) is 0 Å². The van der Waals surface area contributed by atoms with Crippen molar-refractivity contribution in [2.75, 3.05) is 88.0 Å². The molecule has 0 bridgehead atoms. The van der Waals surface area contributed by atoms with Crippen molar-refractivity contribution in [2.45, 2.75) is 111 Å². The van der Waals surface area contributed by atoms with E-state index in [1.807, 2.05) is 91.6 Å². The summed E-state index contributed by atoms with van der Waals surface area (Å²) in [6.45, 7) is 15.7. The molecule has 578 valence electrons. The Morgan fingerprint density at radius 3 is 1.43 bits per heavy atom. The number of nitrogen functional groups attached to an aromatic ring is 5. The molecule has 24 nitrogen and oxygen atoms in total. The second-order valence-corrected chi connectivity index (χ2v) is 30.5. The number of nitrogens with zero attached hydrogens (tertiary/aromatic N) is 10. The van der Waals surface area contributed by atoms with E-state index in [-0.39, 0.29) is 23.4 Å². The number of nitrogens with two attached hydrogens (primary N) is 5. The Morgan fingerprint density at radius 2 is 0.982 bits per heavy atom. The number of hydrogen-bond acceptors (Lipinski definition) is 21. The van der Waals surface area contributed by atoms with Gasteiger partial charge in [0.1, 0.15) is 34.9 Å². The van der Waals surface area contributed by atoms with Crippen molar-refractivity contribution in [2.24, 2.45) is 26.3 Å². The summed E-state index contributed by atoms with van der Waals surface area (Å²) in [5.41, 5.74) is 50.4. The van der Waals surface area contributed by atoms with Crippen LogP contribution in [0.5, 0.6) is 0 Å². The minimum Gasteiger partial charge on any atom is -0.391 e. The summed E-state index contributed by atoms with van der Waals surface area (Å²) >= 11 is 0. The Bertz CT molecular complexity index is 5720. The van der Waals surface area contributed by atoms with Crippen LogP contribution in [-0.2, 0) is 6.54 Å². The highest BCUT2D eigenvalue weighted by atomic mass is 19.1. The number of aromatic amines is 3. The molecule has 18 rings (SSSR count). The Kier molecular flexibility index (Phi) is 23.7. The third-order valence-corrected chi connectivity index (χ3v) is 20.5. The fourth-order valence-electron chi connectivity index (χ4n) is 14.6. The standard InChI is InChI=1S/C19H22N4.C18H20N4O.C18H22N4.C17H16N6.C16H18FN5/c1-12-2-4-15(8-12)22-18-10-19(20)23-17-9-13(3-5-16(17)18)14-6-7-21-11-14;19-18-9-16(21-14-2-1-3-17(14)23)13-5-4-11(8-15(13)22-18)12-6-7-20-10-12;1-18(2,3)11-21-15-9-17(19)22-16-8-12(4-5-14(15)16)13-6-7-20-10-13;18-17-9-15(20-10-12-2-1-6-19-12)13-4-3-11(8-16(13)22-17)14-5-7-21-23-14;1-2-3-5-19-14-9-16(18)21-15-8-10(12(17)7-11(14)15)13-4-6-20-22-13/h3,5-7,9-10,12,15H,2,4,8,11H2,1H3,(H3,20,22,23);4-9,14,17,23H,1-3,10H2,(H3,19,21,22);4-9H,10-11H2,1-3H3,(H3,19,21,22);1-9,19H,10H2,(H,21,23)(H3,18,20,22);4,6-9H,2-3,5H2,1H3,(H,20,22)(H3,18,19,21)/t12-,15-;14-,17+;;;/m01.../s1. The van der Waals surface area contributed by atoms with Gasteiger partial charge in [0, 0.05) is 159 Å². The van der Waals surface area contributed by atoms with Crippen LogP contribution in [0, 0.1) is 17.2 Å². The Morgan fingerprint density at radius 1 is 0.504 bits per heavy atom. The molecule has 2 fully saturated rings. The largest absolute Gasteiger partial charge is 0.391 e. The number of benzene rings is 5. The number of aromatic nitrogens is 10. The average molecular weight is 1510 g/mol. The lowest BCUT2D eigenvalue weighted by atomic mass is 9.96. The van der Waals surface area contributed by atoms with E-state index in [4.69, 9.17) is 28.7 Å². The number of H-pyrrole nitrogens is 3. The van der Waals surface area contributed by atoms with Crippen LogP contribution in [0.4, 0.5) is 61.9 Å². The number of anilines is 10. The van der Waals surface area contributed by atoms with Crippen LogP contribution >= 0.6 is 0 Å². The molecule has 11 heterocycles. The molecule has 113 heavy (non-hydrogen) atoms. The number of aliphatic hydroxyl groups is 1. The molecule has 13 aromatic rings. The fourth-order valence-corrected chi connectivity index (χ4v) is 14.6. The number of unbranched alkanes of at least 4 members (excludes halogenated alkanes) is 1. The van der Waals surface area contributed by atoms with Gasteiger partial charge in [0.2, 0.25) is 0 Å². The van der Waals surface area contributed by atoms with Gasteiger partial charge in [-0.25, -0.2) is 29.3 Å². The zero-order chi connectivity index (χ0) is 78.5. The summed E-state index contributed by atoms with van der Waals surface area (Å²) in [4.78, 5) is 38.1. The Labute approximate surface area is 655 Å². The lowest BCUT2D eigenvalue weighted by molar-refractivity contribution is 0.172. The summed E-state index contributed by atoms with van der Waals surface area (Å²) in [6, 6.07) is 45.9. The van der Waals surface area contributed by atoms with Gasteiger partial charge in [0.25, 0.3) is 0 Å². The third-order valence-electron chi connectivity index (χ3n) is 20.5. The highest BCUT2D eigenvalue weighted by Crippen LogP contribution is 2.37. The summed E-state index contributed by atoms with van der Waals surface area (Å²) < 4.78 is 14.4.